The summed E-state index contributed by atoms with van der Waals surface area (Å²) >= 11 is 0. The maximum absolute atomic E-state index is 5.59. The molecule has 0 bridgehead atoms. The van der Waals surface area contributed by atoms with E-state index in [1.54, 1.807) is 0 Å². The van der Waals surface area contributed by atoms with Crippen LogP contribution in [0.15, 0.2) is 28.7 Å². The molecule has 4 heteroatoms. The van der Waals surface area contributed by atoms with Crippen molar-refractivity contribution in [3.8, 4) is 0 Å². The molecule has 0 fully saturated rings. The lowest BCUT2D eigenvalue weighted by molar-refractivity contribution is 0.445. The van der Waals surface area contributed by atoms with E-state index in [9.17, 15) is 0 Å². The van der Waals surface area contributed by atoms with E-state index in [1.807, 2.05) is 7.05 Å². The molecule has 1 aromatic heterocycles. The second-order valence-electron chi connectivity index (χ2n) is 4.37. The van der Waals surface area contributed by atoms with E-state index in [4.69, 9.17) is 4.42 Å². The predicted molar refractivity (Wildman–Crippen MR) is 70.5 cm³/mol. The predicted octanol–water partition coefficient (Wildman–Crippen LogP) is 1.93. The van der Waals surface area contributed by atoms with Crippen LogP contribution in [0.4, 0.5) is 0 Å². The van der Waals surface area contributed by atoms with Crippen LogP contribution in [0, 0.1) is 6.92 Å². The number of rotatable bonds is 6. The van der Waals surface area contributed by atoms with Gasteiger partial charge in [-0.3, -0.25) is 0 Å². The molecule has 1 heterocycles. The zero-order chi connectivity index (χ0) is 12.8. The Hall–Kier alpha value is -1.68. The van der Waals surface area contributed by atoms with Gasteiger partial charge in [-0.25, -0.2) is 0 Å². The molecule has 0 aliphatic heterocycles. The summed E-state index contributed by atoms with van der Waals surface area (Å²) in [5, 5.41) is 11.2. The Morgan fingerprint density at radius 1 is 1.06 bits per heavy atom. The van der Waals surface area contributed by atoms with Crippen LogP contribution < -0.4 is 5.32 Å². The first-order chi connectivity index (χ1) is 8.79. The molecule has 18 heavy (non-hydrogen) atoms. The molecule has 0 radical (unpaired) electrons. The summed E-state index contributed by atoms with van der Waals surface area (Å²) in [5.74, 6) is 1.44. The van der Waals surface area contributed by atoms with Gasteiger partial charge in [-0.15, -0.1) is 10.2 Å². The third kappa shape index (κ3) is 3.40. The van der Waals surface area contributed by atoms with Crippen molar-refractivity contribution in [3.05, 3.63) is 47.2 Å². The molecule has 96 valence electrons. The highest BCUT2D eigenvalue weighted by Gasteiger charge is 2.06. The van der Waals surface area contributed by atoms with Crippen LogP contribution in [0.2, 0.25) is 0 Å². The third-order valence-corrected chi connectivity index (χ3v) is 2.97. The number of nitrogens with one attached hydrogen (secondary N) is 1. The highest BCUT2D eigenvalue weighted by Crippen LogP contribution is 2.11. The van der Waals surface area contributed by atoms with Crippen LogP contribution in [-0.2, 0) is 19.3 Å². The maximum Gasteiger partial charge on any atom is 0.217 e. The van der Waals surface area contributed by atoms with E-state index in [-0.39, 0.29) is 0 Å². The van der Waals surface area contributed by atoms with Crippen molar-refractivity contribution in [2.45, 2.75) is 26.2 Å². The van der Waals surface area contributed by atoms with E-state index < -0.39 is 0 Å². The molecular weight excluding hydrogens is 226 g/mol. The molecule has 1 N–H and O–H groups in total. The lowest BCUT2D eigenvalue weighted by Gasteiger charge is -2.02. The number of hydrogen-bond donors (Lipinski definition) is 1. The fraction of sp³-hybridized carbons (Fsp3) is 0.429. The van der Waals surface area contributed by atoms with Crippen molar-refractivity contribution in [1.82, 2.24) is 15.5 Å². The summed E-state index contributed by atoms with van der Waals surface area (Å²) in [7, 11) is 1.91. The summed E-state index contributed by atoms with van der Waals surface area (Å²) in [6.07, 6.45) is 2.53. The molecule has 0 aliphatic carbocycles. The van der Waals surface area contributed by atoms with Gasteiger partial charge in [0.05, 0.1) is 0 Å². The maximum atomic E-state index is 5.59. The van der Waals surface area contributed by atoms with Gasteiger partial charge in [0, 0.05) is 19.4 Å². The molecule has 4 nitrogen and oxygen atoms in total. The van der Waals surface area contributed by atoms with Crippen LogP contribution in [-0.4, -0.2) is 23.8 Å². The Morgan fingerprint density at radius 2 is 1.78 bits per heavy atom. The zero-order valence-electron chi connectivity index (χ0n) is 10.9. The lowest BCUT2D eigenvalue weighted by atomic mass is 10.0. The van der Waals surface area contributed by atoms with Gasteiger partial charge in [0.1, 0.15) is 0 Å². The Labute approximate surface area is 107 Å². The number of aryl methyl sites for hydroxylation is 3. The van der Waals surface area contributed by atoms with Gasteiger partial charge in [0.25, 0.3) is 0 Å². The molecule has 0 spiro atoms. The highest BCUT2D eigenvalue weighted by atomic mass is 16.4. The second-order valence-corrected chi connectivity index (χ2v) is 4.37. The molecule has 0 saturated carbocycles. The van der Waals surface area contributed by atoms with E-state index in [1.165, 1.54) is 11.1 Å². The van der Waals surface area contributed by atoms with Crippen molar-refractivity contribution in [2.24, 2.45) is 0 Å². The Bertz CT molecular complexity index is 493. The monoisotopic (exact) mass is 245 g/mol. The van der Waals surface area contributed by atoms with Gasteiger partial charge in [0.15, 0.2) is 0 Å². The van der Waals surface area contributed by atoms with Gasteiger partial charge < -0.3 is 9.73 Å². The Kier molecular flexibility index (Phi) is 4.47. The largest absolute Gasteiger partial charge is 0.425 e. The first kappa shape index (κ1) is 12.8. The fourth-order valence-corrected chi connectivity index (χ4v) is 1.85. The van der Waals surface area contributed by atoms with E-state index in [2.05, 4.69) is 46.7 Å². The topological polar surface area (TPSA) is 51.0 Å². The molecule has 0 aliphatic rings. The summed E-state index contributed by atoms with van der Waals surface area (Å²) in [6, 6.07) is 8.39. The van der Waals surface area contributed by atoms with Crippen molar-refractivity contribution in [1.29, 1.82) is 0 Å². The number of aromatic nitrogens is 2. The van der Waals surface area contributed by atoms with Gasteiger partial charge in [-0.1, -0.05) is 24.3 Å². The lowest BCUT2D eigenvalue weighted by Crippen LogP contribution is -2.10. The van der Waals surface area contributed by atoms with Crippen molar-refractivity contribution in [3.63, 3.8) is 0 Å². The van der Waals surface area contributed by atoms with Crippen LogP contribution in [0.5, 0.6) is 0 Å². The number of nitrogens with zero attached hydrogens (tertiary/aromatic N) is 2. The van der Waals surface area contributed by atoms with Crippen molar-refractivity contribution >= 4 is 0 Å². The van der Waals surface area contributed by atoms with Gasteiger partial charge in [-0.2, -0.15) is 0 Å². The normalized spacial score (nSPS) is 10.8. The first-order valence-corrected chi connectivity index (χ1v) is 6.30. The molecule has 0 saturated heterocycles. The van der Waals surface area contributed by atoms with Crippen molar-refractivity contribution < 1.29 is 4.42 Å². The van der Waals surface area contributed by atoms with Crippen LogP contribution >= 0.6 is 0 Å². The van der Waals surface area contributed by atoms with E-state index in [0.717, 1.165) is 31.7 Å². The summed E-state index contributed by atoms with van der Waals surface area (Å²) in [6.45, 7) is 2.99. The number of hydrogen-bond acceptors (Lipinski definition) is 4. The SMILES string of the molecule is CNCCc1nnc(CCc2ccccc2C)o1. The fourth-order valence-electron chi connectivity index (χ4n) is 1.85. The average molecular weight is 245 g/mol. The molecular formula is C14H19N3O. The van der Waals surface area contributed by atoms with Crippen LogP contribution in [0.1, 0.15) is 22.9 Å². The van der Waals surface area contributed by atoms with E-state index >= 15 is 0 Å². The summed E-state index contributed by atoms with van der Waals surface area (Å²) < 4.78 is 5.59. The standard InChI is InChI=1S/C14H19N3O/c1-11-5-3-4-6-12(11)7-8-13-16-17-14(18-13)9-10-15-2/h3-6,15H,7-10H2,1-2H3. The number of likely N-dealkylation sites (N-methyl/N-ethyl adjacent to an activating group) is 1. The third-order valence-electron chi connectivity index (χ3n) is 2.97. The van der Waals surface area contributed by atoms with E-state index in [0.29, 0.717) is 5.89 Å². The van der Waals surface area contributed by atoms with Crippen LogP contribution in [0.3, 0.4) is 0 Å². The average Bonchev–Trinajstić information content (AvgIpc) is 2.83. The minimum Gasteiger partial charge on any atom is -0.425 e. The van der Waals surface area contributed by atoms with Crippen molar-refractivity contribution in [2.75, 3.05) is 13.6 Å². The van der Waals surface area contributed by atoms with Gasteiger partial charge in [-0.05, 0) is 31.5 Å². The molecule has 2 rings (SSSR count). The minimum atomic E-state index is 0.712. The first-order valence-electron chi connectivity index (χ1n) is 6.30. The molecule has 2 aromatic rings. The molecule has 0 amide bonds. The summed E-state index contributed by atoms with van der Waals surface area (Å²) in [5.41, 5.74) is 2.65. The zero-order valence-corrected chi connectivity index (χ0v) is 10.9. The molecule has 0 atom stereocenters. The Morgan fingerprint density at radius 3 is 2.50 bits per heavy atom. The summed E-state index contributed by atoms with van der Waals surface area (Å²) in [4.78, 5) is 0. The Balaban J connectivity index is 1.90. The van der Waals surface area contributed by atoms with Crippen LogP contribution in [0.25, 0.3) is 0 Å². The highest BCUT2D eigenvalue weighted by molar-refractivity contribution is 5.25. The minimum absolute atomic E-state index is 0.712. The number of benzene rings is 1. The molecule has 0 unspecified atom stereocenters. The van der Waals surface area contributed by atoms with Gasteiger partial charge in [0.2, 0.25) is 11.8 Å². The quantitative estimate of drug-likeness (QED) is 0.845. The van der Waals surface area contributed by atoms with Gasteiger partial charge >= 0.3 is 0 Å². The smallest absolute Gasteiger partial charge is 0.217 e. The molecule has 1 aromatic carbocycles. The second kappa shape index (κ2) is 6.31.